The second-order valence-electron chi connectivity index (χ2n) is 8.76. The third-order valence-corrected chi connectivity index (χ3v) is 6.02. The van der Waals surface area contributed by atoms with E-state index >= 15 is 0 Å². The van der Waals surface area contributed by atoms with Crippen molar-refractivity contribution >= 4 is 57.3 Å². The first-order valence-corrected chi connectivity index (χ1v) is 12.5. The van der Waals surface area contributed by atoms with E-state index in [1.54, 1.807) is 0 Å². The first kappa shape index (κ1) is 41.0. The van der Waals surface area contributed by atoms with E-state index in [-0.39, 0.29) is 69.4 Å². The van der Waals surface area contributed by atoms with Crippen molar-refractivity contribution in [1.29, 1.82) is 0 Å². The molecule has 0 atom stereocenters. The number of fused-ring (bicyclic) bond motifs is 2. The number of aryl methyl sites for hydroxylation is 2. The van der Waals surface area contributed by atoms with Crippen molar-refractivity contribution in [3.63, 3.8) is 0 Å². The molecule has 38 heavy (non-hydrogen) atoms. The van der Waals surface area contributed by atoms with Gasteiger partial charge in [-0.1, -0.05) is 101 Å². The summed E-state index contributed by atoms with van der Waals surface area (Å²) in [7, 11) is 0. The zero-order chi connectivity index (χ0) is 23.5. The number of halogens is 2. The molecule has 201 valence electrons. The summed E-state index contributed by atoms with van der Waals surface area (Å²) < 4.78 is 0. The van der Waals surface area contributed by atoms with Crippen LogP contribution in [0.4, 0.5) is 0 Å². The Balaban J connectivity index is -0.000000497. The fourth-order valence-corrected chi connectivity index (χ4v) is 4.17. The molecule has 0 bridgehead atoms. The fraction of sp³-hybridized carbons (Fsp3) is 0.265. The van der Waals surface area contributed by atoms with Crippen molar-refractivity contribution in [2.24, 2.45) is 0 Å². The minimum absolute atomic E-state index is 0. The Morgan fingerprint density at radius 1 is 0.658 bits per heavy atom. The van der Waals surface area contributed by atoms with Gasteiger partial charge in [0.25, 0.3) is 0 Å². The van der Waals surface area contributed by atoms with Gasteiger partial charge in [-0.3, -0.25) is 0 Å². The fourth-order valence-electron chi connectivity index (χ4n) is 4.17. The SMILES string of the molecule is CCCCCC.CCc1cc2ccccc2[cH-]1.Cc1cc2c(-c3ccccc3)cccc2[cH-]1.Cl.Cl.[CH3-].[Si].[Zr+3]. The molecule has 5 radical (unpaired) electrons. The molecule has 0 N–H and O–H groups in total. The maximum atomic E-state index is 2.26. The van der Waals surface area contributed by atoms with Gasteiger partial charge in [0.05, 0.1) is 0 Å². The van der Waals surface area contributed by atoms with Crippen LogP contribution in [0.25, 0.3) is 32.7 Å². The Bertz CT molecular complexity index is 1200. The van der Waals surface area contributed by atoms with Gasteiger partial charge in [0, 0.05) is 11.0 Å². The molecule has 0 unspecified atom stereocenters. The van der Waals surface area contributed by atoms with E-state index in [0.717, 1.165) is 6.42 Å². The maximum Gasteiger partial charge on any atom is 3.00 e. The Labute approximate surface area is 268 Å². The third kappa shape index (κ3) is 12.2. The first-order valence-electron chi connectivity index (χ1n) is 12.5. The van der Waals surface area contributed by atoms with Crippen molar-refractivity contribution in [3.8, 4) is 11.1 Å². The second-order valence-corrected chi connectivity index (χ2v) is 8.76. The van der Waals surface area contributed by atoms with E-state index in [9.17, 15) is 0 Å². The Morgan fingerprint density at radius 2 is 1.24 bits per heavy atom. The molecule has 5 aromatic rings. The normalized spacial score (nSPS) is 9.05. The van der Waals surface area contributed by atoms with Crippen molar-refractivity contribution in [2.75, 3.05) is 0 Å². The molecule has 0 aliphatic heterocycles. The van der Waals surface area contributed by atoms with Crippen LogP contribution in [0.15, 0.2) is 97.1 Å². The van der Waals surface area contributed by atoms with Crippen LogP contribution < -0.4 is 0 Å². The summed E-state index contributed by atoms with van der Waals surface area (Å²) in [6.45, 7) is 8.80. The van der Waals surface area contributed by atoms with Gasteiger partial charge in [-0.2, -0.15) is 12.1 Å². The van der Waals surface area contributed by atoms with Crippen molar-refractivity contribution < 1.29 is 26.2 Å². The van der Waals surface area contributed by atoms with Crippen molar-refractivity contribution in [2.45, 2.75) is 59.8 Å². The largest absolute Gasteiger partial charge is 3.00 e. The van der Waals surface area contributed by atoms with Gasteiger partial charge in [0.15, 0.2) is 0 Å². The molecular weight excluding hydrogens is 599 g/mol. The topological polar surface area (TPSA) is 0 Å². The summed E-state index contributed by atoms with van der Waals surface area (Å²) in [4.78, 5) is 0. The Morgan fingerprint density at radius 3 is 1.82 bits per heavy atom. The van der Waals surface area contributed by atoms with E-state index in [1.165, 1.54) is 69.5 Å². The molecule has 0 spiro atoms. The van der Waals surface area contributed by atoms with Crippen LogP contribution in [0.5, 0.6) is 0 Å². The zero-order valence-corrected chi connectivity index (χ0v) is 28.7. The molecule has 0 amide bonds. The predicted molar refractivity (Wildman–Crippen MR) is 175 cm³/mol. The molecule has 0 aromatic heterocycles. The van der Waals surface area contributed by atoms with Gasteiger partial charge in [0.2, 0.25) is 0 Å². The van der Waals surface area contributed by atoms with E-state index in [2.05, 4.69) is 125 Å². The van der Waals surface area contributed by atoms with E-state index in [4.69, 9.17) is 0 Å². The second kappa shape index (κ2) is 22.4. The maximum absolute atomic E-state index is 2.26. The van der Waals surface area contributed by atoms with Gasteiger partial charge in [-0.15, -0.1) is 100.0 Å². The summed E-state index contributed by atoms with van der Waals surface area (Å²) in [6, 6.07) is 34.6. The van der Waals surface area contributed by atoms with Crippen LogP contribution in [-0.4, -0.2) is 11.0 Å². The standard InChI is InChI=1S/C16H13.C11H11.C6H14.CH3.2ClH.Si.Zr/c1-12-10-14-8-5-9-15(16(14)11-12)13-6-3-2-4-7-13;1-2-9-7-10-5-3-4-6-11(10)8-9;1-3-5-6-4-2;;;;;/h2-11H,1H3;3-8H,2H2,1H3;3-6H2,1-2H3;1H3;2*1H;;/q2*-1;;-1;;;;+3. The molecule has 4 heteroatoms. The van der Waals surface area contributed by atoms with Gasteiger partial charge < -0.3 is 7.43 Å². The third-order valence-electron chi connectivity index (χ3n) is 6.02. The average molecular weight is 642 g/mol. The van der Waals surface area contributed by atoms with Crippen LogP contribution in [0.3, 0.4) is 0 Å². The van der Waals surface area contributed by atoms with E-state index < -0.39 is 0 Å². The number of hydrogen-bond acceptors (Lipinski definition) is 0. The molecule has 0 saturated carbocycles. The summed E-state index contributed by atoms with van der Waals surface area (Å²) in [5.74, 6) is 0. The van der Waals surface area contributed by atoms with E-state index in [0.29, 0.717) is 0 Å². The Kier molecular flexibility index (Phi) is 24.2. The molecule has 0 fully saturated rings. The van der Waals surface area contributed by atoms with Crippen molar-refractivity contribution in [1.82, 2.24) is 0 Å². The smallest absolute Gasteiger partial charge is 0.358 e. The van der Waals surface area contributed by atoms with Gasteiger partial charge >= 0.3 is 26.2 Å². The Hall–Kier alpha value is -1.44. The van der Waals surface area contributed by atoms with Crippen LogP contribution >= 0.6 is 24.8 Å². The van der Waals surface area contributed by atoms with Crippen LogP contribution in [0.1, 0.15) is 57.6 Å². The summed E-state index contributed by atoms with van der Waals surface area (Å²) >= 11 is 0. The zero-order valence-electron chi connectivity index (χ0n) is 23.6. The molecule has 0 saturated heterocycles. The van der Waals surface area contributed by atoms with Crippen molar-refractivity contribution in [3.05, 3.63) is 116 Å². The van der Waals surface area contributed by atoms with Crippen LogP contribution in [0.2, 0.25) is 0 Å². The number of hydrogen-bond donors (Lipinski definition) is 0. The monoisotopic (exact) mass is 639 g/mol. The average Bonchev–Trinajstić information content (AvgIpc) is 3.46. The van der Waals surface area contributed by atoms with Crippen LogP contribution in [-0.2, 0) is 32.6 Å². The molecule has 5 aromatic carbocycles. The first-order chi connectivity index (χ1) is 16.2. The molecular formula is C34H43Cl2SiZr. The quantitative estimate of drug-likeness (QED) is 0.102. The number of rotatable bonds is 5. The minimum Gasteiger partial charge on any atom is -0.358 e. The van der Waals surface area contributed by atoms with E-state index in [1.807, 2.05) is 0 Å². The van der Waals surface area contributed by atoms with Gasteiger partial charge in [0.1, 0.15) is 0 Å². The molecule has 5 rings (SSSR count). The molecule has 0 aliphatic carbocycles. The number of benzene rings is 3. The summed E-state index contributed by atoms with van der Waals surface area (Å²) in [5, 5.41) is 5.42. The molecule has 0 nitrogen and oxygen atoms in total. The number of unbranched alkanes of at least 4 members (excludes halogenated alkanes) is 3. The summed E-state index contributed by atoms with van der Waals surface area (Å²) in [6.07, 6.45) is 6.67. The summed E-state index contributed by atoms with van der Waals surface area (Å²) in [5.41, 5.74) is 5.38. The molecule has 0 heterocycles. The van der Waals surface area contributed by atoms with Gasteiger partial charge in [-0.05, 0) is 12.0 Å². The predicted octanol–water partition coefficient (Wildman–Crippen LogP) is 11.2. The van der Waals surface area contributed by atoms with Crippen LogP contribution in [0, 0.1) is 14.4 Å². The molecule has 0 aliphatic rings. The minimum atomic E-state index is 0. The van der Waals surface area contributed by atoms with Gasteiger partial charge in [-0.25, -0.2) is 0 Å².